The second-order valence-corrected chi connectivity index (χ2v) is 14.6. The van der Waals surface area contributed by atoms with Crippen molar-refractivity contribution in [3.05, 3.63) is 35.4 Å². The Labute approximate surface area is 307 Å². The monoisotopic (exact) mass is 742 g/mol. The molecule has 3 saturated carbocycles. The van der Waals surface area contributed by atoms with Crippen LogP contribution in [0.2, 0.25) is 5.02 Å². The van der Waals surface area contributed by atoms with Gasteiger partial charge in [0.25, 0.3) is 0 Å². The lowest BCUT2D eigenvalue weighted by Gasteiger charge is -2.29. The number of methoxy groups -OCH3 is 1. The van der Waals surface area contributed by atoms with Crippen LogP contribution in [0, 0.1) is 17.8 Å². The maximum absolute atomic E-state index is 14.3. The lowest BCUT2D eigenvalue weighted by atomic mass is 10.1. The summed E-state index contributed by atoms with van der Waals surface area (Å²) in [6.45, 7) is 10.1. The van der Waals surface area contributed by atoms with Gasteiger partial charge >= 0.3 is 12.1 Å². The van der Waals surface area contributed by atoms with E-state index in [4.69, 9.17) is 35.3 Å². The van der Waals surface area contributed by atoms with Gasteiger partial charge in [0.05, 0.1) is 19.8 Å². The second-order valence-electron chi connectivity index (χ2n) is 14.2. The van der Waals surface area contributed by atoms with E-state index in [0.29, 0.717) is 59.4 Å². The smallest absolute Gasteiger partial charge is 0.408 e. The number of pyridine rings is 1. The van der Waals surface area contributed by atoms with E-state index in [-0.39, 0.29) is 48.9 Å². The summed E-state index contributed by atoms with van der Waals surface area (Å²) in [5.41, 5.74) is -0.704. The minimum atomic E-state index is -1.41. The molecule has 1 aromatic heterocycles. The Bertz CT molecular complexity index is 1730. The van der Waals surface area contributed by atoms with Crippen LogP contribution in [0.3, 0.4) is 0 Å². The lowest BCUT2D eigenvalue weighted by molar-refractivity contribution is -0.145. The molecule has 2 heterocycles. The van der Waals surface area contributed by atoms with Crippen LogP contribution in [0.15, 0.2) is 30.4 Å². The molecule has 4 aliphatic rings. The SMILES string of the molecule is C=C(C)[C@H](NC(=O)O[C@@H]1C[C@@H]2C[C@@H]2C1)C(=O)N1C[C@H](Oc2cc(OCC)nc3c(Cl)c(OCCOC)ccc23)C[C@H]1C(=O)N[C@]1(C(=O)O)C[C@H]1CC. The molecule has 0 spiro atoms. The minimum Gasteiger partial charge on any atom is -0.490 e. The first-order valence-corrected chi connectivity index (χ1v) is 18.3. The van der Waals surface area contributed by atoms with Crippen LogP contribution < -0.4 is 24.8 Å². The number of aliphatic carboxylic acids is 1. The fourth-order valence-corrected chi connectivity index (χ4v) is 7.88. The molecule has 4 fully saturated rings. The van der Waals surface area contributed by atoms with E-state index in [2.05, 4.69) is 22.2 Å². The first kappa shape index (κ1) is 37.5. The van der Waals surface area contributed by atoms with E-state index in [0.717, 1.165) is 19.3 Å². The van der Waals surface area contributed by atoms with Gasteiger partial charge in [-0.2, -0.15) is 0 Å². The Morgan fingerprint density at radius 3 is 2.46 bits per heavy atom. The molecule has 8 atom stereocenters. The maximum atomic E-state index is 14.3. The number of aromatic nitrogens is 1. The molecular formula is C37H47ClN4O10. The van der Waals surface area contributed by atoms with E-state index < -0.39 is 47.6 Å². The summed E-state index contributed by atoms with van der Waals surface area (Å²) in [7, 11) is 1.57. The number of alkyl carbamates (subject to hydrolysis) is 1. The van der Waals surface area contributed by atoms with Crippen molar-refractivity contribution in [3.63, 3.8) is 0 Å². The highest BCUT2D eigenvalue weighted by Crippen LogP contribution is 2.52. The molecule has 3 aliphatic carbocycles. The van der Waals surface area contributed by atoms with Gasteiger partial charge in [-0.3, -0.25) is 9.59 Å². The molecule has 0 radical (unpaired) electrons. The van der Waals surface area contributed by atoms with E-state index in [1.54, 1.807) is 32.2 Å². The predicted molar refractivity (Wildman–Crippen MR) is 190 cm³/mol. The van der Waals surface area contributed by atoms with Crippen LogP contribution in [0.1, 0.15) is 59.3 Å². The number of nitrogens with one attached hydrogen (secondary N) is 2. The average molecular weight is 743 g/mol. The van der Waals surface area contributed by atoms with Gasteiger partial charge in [-0.1, -0.05) is 31.5 Å². The second kappa shape index (κ2) is 15.4. The number of carbonyl (C=O) groups is 4. The highest BCUT2D eigenvalue weighted by Gasteiger charge is 2.61. The molecule has 2 aromatic rings. The normalized spacial score (nSPS) is 27.7. The molecule has 1 saturated heterocycles. The highest BCUT2D eigenvalue weighted by atomic mass is 35.5. The van der Waals surface area contributed by atoms with Gasteiger partial charge < -0.3 is 44.3 Å². The molecule has 0 bridgehead atoms. The van der Waals surface area contributed by atoms with Gasteiger partial charge in [0.15, 0.2) is 0 Å². The largest absolute Gasteiger partial charge is 0.490 e. The quantitative estimate of drug-likeness (QED) is 0.163. The Kier molecular flexibility index (Phi) is 11.1. The molecule has 3 N–H and O–H groups in total. The molecule has 0 unspecified atom stereocenters. The number of benzene rings is 1. The van der Waals surface area contributed by atoms with Gasteiger partial charge in [0.2, 0.25) is 17.7 Å². The molecule has 282 valence electrons. The Hall–Kier alpha value is -4.30. The Morgan fingerprint density at radius 2 is 1.83 bits per heavy atom. The average Bonchev–Trinajstić information content (AvgIpc) is 3.92. The fraction of sp³-hybridized carbons (Fsp3) is 0.595. The van der Waals surface area contributed by atoms with Crippen molar-refractivity contribution >= 4 is 46.4 Å². The third-order valence-corrected chi connectivity index (χ3v) is 11.0. The number of carboxylic acid groups (broad SMARTS) is 1. The molecule has 15 heteroatoms. The molecule has 14 nitrogen and oxygen atoms in total. The summed E-state index contributed by atoms with van der Waals surface area (Å²) in [5.74, 6) is -0.394. The number of fused-ring (bicyclic) bond motifs is 2. The van der Waals surface area contributed by atoms with E-state index in [1.165, 1.54) is 4.90 Å². The predicted octanol–water partition coefficient (Wildman–Crippen LogP) is 4.50. The van der Waals surface area contributed by atoms with Crippen molar-refractivity contribution < 1.29 is 48.0 Å². The van der Waals surface area contributed by atoms with Crippen molar-refractivity contribution in [3.8, 4) is 17.4 Å². The summed E-state index contributed by atoms with van der Waals surface area (Å²) in [6.07, 6.45) is 1.99. The van der Waals surface area contributed by atoms with Crippen LogP contribution in [0.4, 0.5) is 4.79 Å². The van der Waals surface area contributed by atoms with Gasteiger partial charge in [0, 0.05) is 25.0 Å². The third-order valence-electron chi connectivity index (χ3n) is 10.6. The molecule has 1 aliphatic heterocycles. The molecular weight excluding hydrogens is 696 g/mol. The number of carbonyl (C=O) groups excluding carboxylic acids is 3. The molecule has 6 rings (SSSR count). The van der Waals surface area contributed by atoms with E-state index in [9.17, 15) is 24.3 Å². The number of carboxylic acids is 1. The number of hydrogen-bond donors (Lipinski definition) is 3. The van der Waals surface area contributed by atoms with Crippen LogP contribution in [-0.2, 0) is 23.9 Å². The van der Waals surface area contributed by atoms with Crippen LogP contribution >= 0.6 is 11.6 Å². The van der Waals surface area contributed by atoms with E-state index >= 15 is 0 Å². The Balaban J connectivity index is 1.26. The fourth-order valence-electron chi connectivity index (χ4n) is 7.62. The van der Waals surface area contributed by atoms with Crippen LogP contribution in [-0.4, -0.2) is 102 Å². The number of nitrogens with zero attached hydrogens (tertiary/aromatic N) is 2. The standard InChI is InChI=1S/C37H47ClN4O10/c1-6-22-17-37(22,35(45)46)41-33(43)26-15-24(18-42(26)34(44)31(19(3)4)40-36(47)52-23-13-20-12-21(20)14-23)51-28-16-29(49-7-2)39-32-25(28)8-9-27(30(32)38)50-11-10-48-5/h8-9,16,20-24,26,31H,3,6-7,10-15,17-18H2,1-2,4-5H3,(H,40,47)(H,41,43)(H,45,46)/t20-,21+,22-,23+,24-,26+,31+,37-/m1/s1. The van der Waals surface area contributed by atoms with Gasteiger partial charge in [-0.25, -0.2) is 14.6 Å². The lowest BCUT2D eigenvalue weighted by Crippen LogP contribution is -2.56. The van der Waals surface area contributed by atoms with Crippen molar-refractivity contribution in [2.24, 2.45) is 17.8 Å². The van der Waals surface area contributed by atoms with Gasteiger partial charge in [0.1, 0.15) is 58.5 Å². The molecule has 52 heavy (non-hydrogen) atoms. The van der Waals surface area contributed by atoms with Gasteiger partial charge in [-0.15, -0.1) is 0 Å². The summed E-state index contributed by atoms with van der Waals surface area (Å²) < 4.78 is 28.8. The topological polar surface area (TPSA) is 175 Å². The number of halogens is 1. The zero-order valence-corrected chi connectivity index (χ0v) is 30.7. The van der Waals surface area contributed by atoms with E-state index in [1.807, 2.05) is 13.8 Å². The third kappa shape index (κ3) is 7.73. The maximum Gasteiger partial charge on any atom is 0.408 e. The van der Waals surface area contributed by atoms with Gasteiger partial charge in [-0.05, 0) is 75.0 Å². The van der Waals surface area contributed by atoms with Crippen molar-refractivity contribution in [2.75, 3.05) is 33.5 Å². The van der Waals surface area contributed by atoms with Crippen LogP contribution in [0.25, 0.3) is 10.9 Å². The molecule has 3 amide bonds. The summed E-state index contributed by atoms with van der Waals surface area (Å²) in [6, 6.07) is 2.74. The number of rotatable bonds is 16. The van der Waals surface area contributed by atoms with Crippen molar-refractivity contribution in [1.82, 2.24) is 20.5 Å². The first-order valence-electron chi connectivity index (χ1n) is 17.9. The Morgan fingerprint density at radius 1 is 1.08 bits per heavy atom. The zero-order valence-electron chi connectivity index (χ0n) is 29.9. The number of likely N-dealkylation sites (tertiary alicyclic amines) is 1. The summed E-state index contributed by atoms with van der Waals surface area (Å²) >= 11 is 6.75. The van der Waals surface area contributed by atoms with Crippen LogP contribution in [0.5, 0.6) is 17.4 Å². The first-order chi connectivity index (χ1) is 24.9. The number of amides is 3. The minimum absolute atomic E-state index is 0.0298. The highest BCUT2D eigenvalue weighted by molar-refractivity contribution is 6.36. The summed E-state index contributed by atoms with van der Waals surface area (Å²) in [4.78, 5) is 59.5. The van der Waals surface area contributed by atoms with Crippen molar-refractivity contribution in [2.45, 2.75) is 89.1 Å². The molecule has 1 aromatic carbocycles. The number of ether oxygens (including phenoxy) is 5. The van der Waals surface area contributed by atoms with Crippen molar-refractivity contribution in [1.29, 1.82) is 0 Å². The number of hydrogen-bond acceptors (Lipinski definition) is 10. The zero-order chi connectivity index (χ0) is 37.3. The summed E-state index contributed by atoms with van der Waals surface area (Å²) in [5, 5.41) is 16.2.